The van der Waals surface area contributed by atoms with Gasteiger partial charge in [-0.05, 0) is 55.7 Å². The SMILES string of the molecule is CCOc1ccc(C2=C(N3CCCC3)C(=O)N(c3cccc(F)c3)C2=O)cc1. The summed E-state index contributed by atoms with van der Waals surface area (Å²) in [5.74, 6) is -0.619. The van der Waals surface area contributed by atoms with E-state index in [1.54, 1.807) is 30.3 Å². The van der Waals surface area contributed by atoms with Crippen molar-refractivity contribution in [2.75, 3.05) is 24.6 Å². The summed E-state index contributed by atoms with van der Waals surface area (Å²) in [4.78, 5) is 29.5. The molecule has 0 bridgehead atoms. The van der Waals surface area contributed by atoms with Crippen LogP contribution in [0.25, 0.3) is 5.57 Å². The molecular formula is C22H21FN2O3. The van der Waals surface area contributed by atoms with Crippen molar-refractivity contribution in [1.29, 1.82) is 0 Å². The fraction of sp³-hybridized carbons (Fsp3) is 0.273. The smallest absolute Gasteiger partial charge is 0.282 e. The monoisotopic (exact) mass is 380 g/mol. The normalized spacial score (nSPS) is 17.1. The average Bonchev–Trinajstić information content (AvgIpc) is 3.29. The number of imide groups is 1. The third-order valence-electron chi connectivity index (χ3n) is 5.00. The Labute approximate surface area is 163 Å². The van der Waals surface area contributed by atoms with Crippen LogP contribution in [-0.2, 0) is 9.59 Å². The highest BCUT2D eigenvalue weighted by atomic mass is 19.1. The molecule has 28 heavy (non-hydrogen) atoms. The van der Waals surface area contributed by atoms with Crippen molar-refractivity contribution >= 4 is 23.1 Å². The minimum atomic E-state index is -0.490. The van der Waals surface area contributed by atoms with Crippen molar-refractivity contribution in [3.05, 3.63) is 65.6 Å². The first-order chi connectivity index (χ1) is 13.6. The first-order valence-electron chi connectivity index (χ1n) is 9.47. The summed E-state index contributed by atoms with van der Waals surface area (Å²) < 4.78 is 19.2. The topological polar surface area (TPSA) is 49.9 Å². The minimum absolute atomic E-state index is 0.243. The van der Waals surface area contributed by atoms with Gasteiger partial charge in [0.1, 0.15) is 17.3 Å². The zero-order valence-corrected chi connectivity index (χ0v) is 15.7. The Morgan fingerprint density at radius 3 is 2.36 bits per heavy atom. The van der Waals surface area contributed by atoms with Crippen LogP contribution in [0.2, 0.25) is 0 Å². The maximum atomic E-state index is 13.7. The molecule has 2 heterocycles. The van der Waals surface area contributed by atoms with Gasteiger partial charge in [-0.3, -0.25) is 9.59 Å². The number of nitrogens with zero attached hydrogens (tertiary/aromatic N) is 2. The third-order valence-corrected chi connectivity index (χ3v) is 5.00. The Bertz CT molecular complexity index is 947. The molecule has 0 aliphatic carbocycles. The van der Waals surface area contributed by atoms with Gasteiger partial charge in [0, 0.05) is 13.1 Å². The first kappa shape index (κ1) is 18.2. The highest BCUT2D eigenvalue weighted by Crippen LogP contribution is 2.36. The lowest BCUT2D eigenvalue weighted by Gasteiger charge is -2.20. The standard InChI is InChI=1S/C22H21FN2O3/c1-2-28-18-10-8-15(9-11-18)19-20(24-12-3-4-13-24)22(27)25(21(19)26)17-7-5-6-16(23)14-17/h5-11,14H,2-4,12-13H2,1H3. The second-order valence-corrected chi connectivity index (χ2v) is 6.80. The number of likely N-dealkylation sites (tertiary alicyclic amines) is 1. The van der Waals surface area contributed by atoms with E-state index < -0.39 is 17.6 Å². The lowest BCUT2D eigenvalue weighted by Crippen LogP contribution is -2.34. The van der Waals surface area contributed by atoms with Gasteiger partial charge in [0.25, 0.3) is 11.8 Å². The number of ether oxygens (including phenoxy) is 1. The van der Waals surface area contributed by atoms with Gasteiger partial charge >= 0.3 is 0 Å². The maximum absolute atomic E-state index is 13.7. The van der Waals surface area contributed by atoms with E-state index in [0.717, 1.165) is 30.8 Å². The Hall–Kier alpha value is -3.15. The number of carbonyl (C=O) groups is 2. The third kappa shape index (κ3) is 3.15. The van der Waals surface area contributed by atoms with E-state index >= 15 is 0 Å². The van der Waals surface area contributed by atoms with Gasteiger partial charge in [-0.2, -0.15) is 0 Å². The van der Waals surface area contributed by atoms with Crippen LogP contribution in [0.3, 0.4) is 0 Å². The molecule has 2 aliphatic rings. The molecule has 2 aromatic rings. The molecule has 2 aromatic carbocycles. The molecule has 144 valence electrons. The van der Waals surface area contributed by atoms with E-state index in [2.05, 4.69) is 0 Å². The van der Waals surface area contributed by atoms with Crippen molar-refractivity contribution < 1.29 is 18.7 Å². The van der Waals surface area contributed by atoms with Gasteiger partial charge in [-0.15, -0.1) is 0 Å². The Balaban J connectivity index is 1.79. The van der Waals surface area contributed by atoms with E-state index in [-0.39, 0.29) is 5.69 Å². The van der Waals surface area contributed by atoms with Crippen LogP contribution in [0.1, 0.15) is 25.3 Å². The quantitative estimate of drug-likeness (QED) is 0.744. The summed E-state index contributed by atoms with van der Waals surface area (Å²) in [5, 5.41) is 0. The van der Waals surface area contributed by atoms with Crippen LogP contribution in [0.4, 0.5) is 10.1 Å². The summed E-state index contributed by atoms with van der Waals surface area (Å²) in [6.45, 7) is 3.90. The van der Waals surface area contributed by atoms with Gasteiger partial charge in [0.2, 0.25) is 0 Å². The molecule has 0 aromatic heterocycles. The van der Waals surface area contributed by atoms with Crippen molar-refractivity contribution in [3.63, 3.8) is 0 Å². The van der Waals surface area contributed by atoms with E-state index in [9.17, 15) is 14.0 Å². The van der Waals surface area contributed by atoms with E-state index in [4.69, 9.17) is 4.74 Å². The lowest BCUT2D eigenvalue weighted by molar-refractivity contribution is -0.120. The molecular weight excluding hydrogens is 359 g/mol. The number of hydrogen-bond acceptors (Lipinski definition) is 4. The van der Waals surface area contributed by atoms with Crippen LogP contribution in [0, 0.1) is 5.82 Å². The predicted molar refractivity (Wildman–Crippen MR) is 104 cm³/mol. The van der Waals surface area contributed by atoms with E-state index in [1.165, 1.54) is 18.2 Å². The second kappa shape index (κ2) is 7.46. The predicted octanol–water partition coefficient (Wildman–Crippen LogP) is 3.60. The number of benzene rings is 2. The molecule has 0 spiro atoms. The molecule has 5 nitrogen and oxygen atoms in total. The molecule has 0 N–H and O–H groups in total. The summed E-state index contributed by atoms with van der Waals surface area (Å²) in [5.41, 5.74) is 1.66. The summed E-state index contributed by atoms with van der Waals surface area (Å²) in [6, 6.07) is 12.7. The maximum Gasteiger partial charge on any atom is 0.282 e. The highest BCUT2D eigenvalue weighted by molar-refractivity contribution is 6.45. The number of hydrogen-bond donors (Lipinski definition) is 0. The second-order valence-electron chi connectivity index (χ2n) is 6.80. The minimum Gasteiger partial charge on any atom is -0.494 e. The number of carbonyl (C=O) groups excluding carboxylic acids is 2. The number of amides is 2. The zero-order valence-electron chi connectivity index (χ0n) is 15.7. The van der Waals surface area contributed by atoms with Gasteiger partial charge in [-0.1, -0.05) is 18.2 Å². The Kier molecular flexibility index (Phi) is 4.86. The molecule has 6 heteroatoms. The van der Waals surface area contributed by atoms with Crippen molar-refractivity contribution in [1.82, 2.24) is 4.90 Å². The fourth-order valence-electron chi connectivity index (χ4n) is 3.75. The Morgan fingerprint density at radius 1 is 1.00 bits per heavy atom. The first-order valence-corrected chi connectivity index (χ1v) is 9.47. The van der Waals surface area contributed by atoms with Crippen LogP contribution in [0.15, 0.2) is 54.2 Å². The van der Waals surface area contributed by atoms with Crippen molar-refractivity contribution in [3.8, 4) is 5.75 Å². The number of rotatable bonds is 5. The average molecular weight is 380 g/mol. The molecule has 1 fully saturated rings. The molecule has 1 saturated heterocycles. The van der Waals surface area contributed by atoms with Gasteiger partial charge in [0.15, 0.2) is 0 Å². The van der Waals surface area contributed by atoms with Crippen LogP contribution in [-0.4, -0.2) is 36.4 Å². The Morgan fingerprint density at radius 2 is 1.71 bits per heavy atom. The van der Waals surface area contributed by atoms with Crippen molar-refractivity contribution in [2.45, 2.75) is 19.8 Å². The molecule has 0 unspecified atom stereocenters. The molecule has 4 rings (SSSR count). The summed E-state index contributed by atoms with van der Waals surface area (Å²) >= 11 is 0. The molecule has 2 aliphatic heterocycles. The lowest BCUT2D eigenvalue weighted by atomic mass is 10.0. The number of halogens is 1. The largest absolute Gasteiger partial charge is 0.494 e. The van der Waals surface area contributed by atoms with Crippen LogP contribution >= 0.6 is 0 Å². The number of anilines is 1. The molecule has 0 radical (unpaired) electrons. The zero-order chi connectivity index (χ0) is 19.7. The molecule has 0 saturated carbocycles. The van der Waals surface area contributed by atoms with Gasteiger partial charge < -0.3 is 9.64 Å². The van der Waals surface area contributed by atoms with Crippen LogP contribution < -0.4 is 9.64 Å². The van der Waals surface area contributed by atoms with Gasteiger partial charge in [0.05, 0.1) is 17.9 Å². The fourth-order valence-corrected chi connectivity index (χ4v) is 3.75. The molecule has 0 atom stereocenters. The van der Waals surface area contributed by atoms with Gasteiger partial charge in [-0.25, -0.2) is 9.29 Å². The van der Waals surface area contributed by atoms with E-state index in [1.807, 2.05) is 11.8 Å². The summed E-state index contributed by atoms with van der Waals surface area (Å²) in [6.07, 6.45) is 1.95. The van der Waals surface area contributed by atoms with Crippen LogP contribution in [0.5, 0.6) is 5.75 Å². The summed E-state index contributed by atoms with van der Waals surface area (Å²) in [7, 11) is 0. The highest BCUT2D eigenvalue weighted by Gasteiger charge is 2.43. The van der Waals surface area contributed by atoms with Crippen molar-refractivity contribution in [2.24, 2.45) is 0 Å². The van der Waals surface area contributed by atoms with E-state index in [0.29, 0.717) is 29.2 Å². The molecule has 2 amide bonds.